The molecule has 63 heavy (non-hydrogen) atoms. The number of anilines is 2. The molecule has 3 aromatic carbocycles. The average Bonchev–Trinajstić information content (AvgIpc) is 3.92. The van der Waals surface area contributed by atoms with Crippen LogP contribution in [-0.2, 0) is 14.8 Å². The van der Waals surface area contributed by atoms with Gasteiger partial charge in [-0.1, -0.05) is 43.2 Å². The smallest absolute Gasteiger partial charge is 0.293 e. The Morgan fingerprint density at radius 1 is 1.05 bits per heavy atom. The number of amides is 1. The number of H-pyrrole nitrogens is 1. The lowest BCUT2D eigenvalue weighted by Crippen LogP contribution is -2.47. The second-order valence-electron chi connectivity index (χ2n) is 17.2. The molecule has 1 atom stereocenters. The Bertz CT molecular complexity index is 2840. The molecule has 2 saturated heterocycles. The van der Waals surface area contributed by atoms with Gasteiger partial charge in [-0.2, -0.15) is 5.10 Å². The number of allylic oxidation sites excluding steroid dienone is 1. The van der Waals surface area contributed by atoms with E-state index in [1.54, 1.807) is 23.1 Å². The van der Waals surface area contributed by atoms with Crippen molar-refractivity contribution in [1.82, 2.24) is 34.7 Å². The molecule has 0 bridgehead atoms. The molecule has 0 unspecified atom stereocenters. The SMILES string of the molecule is CC1(C)CCC(CN2CCN(c3ccc(C(=O)NS(=O)(=O)c4ccc(NC[C@H]5CNCCO5)c([N+](=O)[O-])c4)c(-n4ncc5nc6[nH]ccc6cc54)c3)CC2)=C(c2ccc(Cl)cc2)C1. The summed E-state index contributed by atoms with van der Waals surface area (Å²) in [6.07, 6.45) is 6.37. The number of pyridine rings is 1. The van der Waals surface area contributed by atoms with E-state index >= 15 is 0 Å². The van der Waals surface area contributed by atoms with Crippen LogP contribution < -0.4 is 20.3 Å². The van der Waals surface area contributed by atoms with Crippen LogP contribution >= 0.6 is 11.6 Å². The highest BCUT2D eigenvalue weighted by Crippen LogP contribution is 2.43. The molecular formula is C45H49ClN10O6S. The van der Waals surface area contributed by atoms with Crippen molar-refractivity contribution in [3.05, 3.63) is 117 Å². The standard InChI is InChI=1S/C45H49ClN10O6S/c1-45(2)13-11-31(37(24-45)29-3-5-32(46)6-4-29)28-53-16-18-54(19-17-53)33-7-9-36(40(22-33)55-41-21-30-12-14-48-43(30)51-39(41)27-50-55)44(57)52-63(60,61)35-8-10-38(42(23-35)56(58)59)49-26-34-25-47-15-20-62-34/h3-10,12,14,21-23,27,34,47,49H,11,13,15-20,24-26,28H2,1-2H3,(H,48,51)(H,52,57)/t34-/m1/s1. The third-order valence-electron chi connectivity index (χ3n) is 12.3. The second kappa shape index (κ2) is 17.4. The third kappa shape index (κ3) is 9.15. The summed E-state index contributed by atoms with van der Waals surface area (Å²) in [6.45, 7) is 10.7. The van der Waals surface area contributed by atoms with Crippen molar-refractivity contribution in [3.8, 4) is 5.69 Å². The van der Waals surface area contributed by atoms with E-state index in [2.05, 4.69) is 61.2 Å². The average molecular weight is 893 g/mol. The van der Waals surface area contributed by atoms with Crippen molar-refractivity contribution < 1.29 is 22.9 Å². The molecule has 6 aromatic rings. The first-order valence-corrected chi connectivity index (χ1v) is 23.0. The molecule has 4 N–H and O–H groups in total. The summed E-state index contributed by atoms with van der Waals surface area (Å²) in [4.78, 5) is 37.8. The van der Waals surface area contributed by atoms with Gasteiger partial charge in [0.1, 0.15) is 16.9 Å². The number of benzene rings is 3. The van der Waals surface area contributed by atoms with E-state index in [9.17, 15) is 23.3 Å². The van der Waals surface area contributed by atoms with Crippen LogP contribution in [0.3, 0.4) is 0 Å². The number of nitrogens with zero attached hydrogens (tertiary/aromatic N) is 6. The summed E-state index contributed by atoms with van der Waals surface area (Å²) < 4.78 is 37.1. The first kappa shape index (κ1) is 42.5. The van der Waals surface area contributed by atoms with Crippen LogP contribution in [0.4, 0.5) is 17.1 Å². The predicted octanol–water partition coefficient (Wildman–Crippen LogP) is 6.77. The number of morpholine rings is 1. The van der Waals surface area contributed by atoms with Crippen LogP contribution in [0.1, 0.15) is 49.0 Å². The highest BCUT2D eigenvalue weighted by atomic mass is 35.5. The van der Waals surface area contributed by atoms with Crippen LogP contribution in [0.15, 0.2) is 95.7 Å². The van der Waals surface area contributed by atoms with Crippen LogP contribution in [0.25, 0.3) is 33.3 Å². The number of ether oxygens (including phenoxy) is 1. The Labute approximate surface area is 369 Å². The number of hydrogen-bond donors (Lipinski definition) is 4. The van der Waals surface area contributed by atoms with E-state index in [1.807, 2.05) is 36.4 Å². The number of halogens is 1. The van der Waals surface area contributed by atoms with Crippen LogP contribution in [-0.4, -0.2) is 109 Å². The molecule has 16 nitrogen and oxygen atoms in total. The van der Waals surface area contributed by atoms with Crippen molar-refractivity contribution >= 4 is 72.2 Å². The first-order chi connectivity index (χ1) is 30.3. The normalized spacial score (nSPS) is 18.5. The fraction of sp³-hybridized carbons (Fsp3) is 0.356. The van der Waals surface area contributed by atoms with Crippen molar-refractivity contribution in [2.24, 2.45) is 5.41 Å². The second-order valence-corrected chi connectivity index (χ2v) is 19.3. The Hall–Kier alpha value is -5.85. The van der Waals surface area contributed by atoms with E-state index in [1.165, 1.54) is 28.8 Å². The predicted molar refractivity (Wildman–Crippen MR) is 244 cm³/mol. The lowest BCUT2D eigenvalue weighted by molar-refractivity contribution is -0.384. The topological polar surface area (TPSA) is 193 Å². The zero-order chi connectivity index (χ0) is 43.9. The zero-order valence-corrected chi connectivity index (χ0v) is 36.6. The fourth-order valence-electron chi connectivity index (χ4n) is 8.79. The summed E-state index contributed by atoms with van der Waals surface area (Å²) in [5.74, 6) is -0.923. The minimum Gasteiger partial charge on any atom is -0.377 e. The van der Waals surface area contributed by atoms with Gasteiger partial charge >= 0.3 is 0 Å². The molecule has 1 amide bonds. The van der Waals surface area contributed by atoms with Crippen molar-refractivity contribution in [1.29, 1.82) is 0 Å². The summed E-state index contributed by atoms with van der Waals surface area (Å²) >= 11 is 6.25. The summed E-state index contributed by atoms with van der Waals surface area (Å²) in [6, 6.07) is 20.7. The number of rotatable bonds is 12. The van der Waals surface area contributed by atoms with Crippen molar-refractivity contribution in [2.75, 3.05) is 69.2 Å². The zero-order valence-electron chi connectivity index (χ0n) is 35.1. The van der Waals surface area contributed by atoms with E-state index in [0.717, 1.165) is 80.7 Å². The lowest BCUT2D eigenvalue weighted by atomic mass is 9.72. The van der Waals surface area contributed by atoms with Gasteiger partial charge in [0.15, 0.2) is 0 Å². The van der Waals surface area contributed by atoms with Gasteiger partial charge in [0.25, 0.3) is 21.6 Å². The van der Waals surface area contributed by atoms with Gasteiger partial charge in [0, 0.05) is 80.7 Å². The Morgan fingerprint density at radius 2 is 1.86 bits per heavy atom. The number of aromatic amines is 1. The number of aromatic nitrogens is 4. The number of carbonyl (C=O) groups excluding carboxylic acids is 1. The van der Waals surface area contributed by atoms with Crippen LogP contribution in [0.5, 0.6) is 0 Å². The Morgan fingerprint density at radius 3 is 2.62 bits per heavy atom. The maximum Gasteiger partial charge on any atom is 0.293 e. The van der Waals surface area contributed by atoms with Gasteiger partial charge in [0.05, 0.1) is 45.5 Å². The number of hydrogen-bond acceptors (Lipinski definition) is 12. The highest BCUT2D eigenvalue weighted by Gasteiger charge is 2.31. The summed E-state index contributed by atoms with van der Waals surface area (Å²) in [5, 5.41) is 24.5. The van der Waals surface area contributed by atoms with Crippen molar-refractivity contribution in [3.63, 3.8) is 0 Å². The fourth-order valence-corrected chi connectivity index (χ4v) is 9.90. The number of piperazine rings is 1. The summed E-state index contributed by atoms with van der Waals surface area (Å²) in [7, 11) is -4.58. The number of sulfonamides is 1. The van der Waals surface area contributed by atoms with E-state index in [4.69, 9.17) is 21.3 Å². The molecule has 0 spiro atoms. The maximum atomic E-state index is 14.2. The minimum atomic E-state index is -4.58. The summed E-state index contributed by atoms with van der Waals surface area (Å²) in [5.41, 5.74) is 7.12. The molecule has 3 aromatic heterocycles. The van der Waals surface area contributed by atoms with Gasteiger partial charge < -0.3 is 25.3 Å². The Balaban J connectivity index is 0.976. The van der Waals surface area contributed by atoms with E-state index in [0.29, 0.717) is 35.5 Å². The lowest BCUT2D eigenvalue weighted by Gasteiger charge is -2.39. The van der Waals surface area contributed by atoms with Gasteiger partial charge in [-0.15, -0.1) is 0 Å². The number of nitrogens with one attached hydrogen (secondary N) is 4. The number of carbonyl (C=O) groups is 1. The number of nitro groups is 1. The first-order valence-electron chi connectivity index (χ1n) is 21.1. The molecule has 18 heteroatoms. The molecule has 2 aliphatic heterocycles. The molecule has 2 fully saturated rings. The molecule has 3 aliphatic rings. The minimum absolute atomic E-state index is 0.0379. The molecule has 1 aliphatic carbocycles. The molecule has 9 rings (SSSR count). The largest absolute Gasteiger partial charge is 0.377 e. The van der Waals surface area contributed by atoms with Crippen molar-refractivity contribution in [2.45, 2.75) is 44.1 Å². The van der Waals surface area contributed by atoms with Gasteiger partial charge in [-0.05, 0) is 90.4 Å². The van der Waals surface area contributed by atoms with Gasteiger partial charge in [-0.25, -0.2) is 22.8 Å². The number of fused-ring (bicyclic) bond motifs is 2. The maximum absolute atomic E-state index is 14.2. The quantitative estimate of drug-likeness (QED) is 0.0746. The van der Waals surface area contributed by atoms with Gasteiger partial charge in [0.2, 0.25) is 0 Å². The van der Waals surface area contributed by atoms with Crippen LogP contribution in [0.2, 0.25) is 5.02 Å². The van der Waals surface area contributed by atoms with E-state index < -0.39 is 31.4 Å². The molecule has 5 heterocycles. The molecule has 0 saturated carbocycles. The monoisotopic (exact) mass is 892 g/mol. The number of nitro benzene ring substituents is 1. The third-order valence-corrected chi connectivity index (χ3v) is 13.9. The molecule has 0 radical (unpaired) electrons. The van der Waals surface area contributed by atoms with Crippen LogP contribution in [0, 0.1) is 15.5 Å². The Kier molecular flexibility index (Phi) is 11.7. The molecular weight excluding hydrogens is 844 g/mol. The molecule has 328 valence electrons. The van der Waals surface area contributed by atoms with E-state index in [-0.39, 0.29) is 29.3 Å². The highest BCUT2D eigenvalue weighted by molar-refractivity contribution is 7.90. The van der Waals surface area contributed by atoms with Gasteiger partial charge in [-0.3, -0.25) is 19.8 Å².